The number of ether oxygens (including phenoxy) is 2. The van der Waals surface area contributed by atoms with Crippen molar-refractivity contribution in [3.8, 4) is 11.5 Å². The Bertz CT molecular complexity index is 722. The van der Waals surface area contributed by atoms with Crippen molar-refractivity contribution in [1.29, 1.82) is 0 Å². The Kier molecular flexibility index (Phi) is 6.91. The van der Waals surface area contributed by atoms with E-state index in [2.05, 4.69) is 11.9 Å². The summed E-state index contributed by atoms with van der Waals surface area (Å²) >= 11 is 12.3. The molecule has 0 spiro atoms. The minimum Gasteiger partial charge on any atom is -0.493 e. The van der Waals surface area contributed by atoms with Crippen LogP contribution in [-0.2, 0) is 13.2 Å². The SMILES string of the molecule is C=CCNCc1cc(Cl)c(OCc2ccc(F)cc2Cl)c(OC)c1. The van der Waals surface area contributed by atoms with Crippen molar-refractivity contribution < 1.29 is 13.9 Å². The van der Waals surface area contributed by atoms with Gasteiger partial charge in [-0.2, -0.15) is 0 Å². The van der Waals surface area contributed by atoms with Gasteiger partial charge in [-0.15, -0.1) is 6.58 Å². The summed E-state index contributed by atoms with van der Waals surface area (Å²) in [5.41, 5.74) is 1.62. The highest BCUT2D eigenvalue weighted by molar-refractivity contribution is 6.32. The van der Waals surface area contributed by atoms with Crippen molar-refractivity contribution in [3.05, 3.63) is 70.0 Å². The van der Waals surface area contributed by atoms with Gasteiger partial charge in [-0.1, -0.05) is 35.3 Å². The first-order chi connectivity index (χ1) is 11.5. The van der Waals surface area contributed by atoms with Crippen LogP contribution in [0.5, 0.6) is 11.5 Å². The van der Waals surface area contributed by atoms with E-state index < -0.39 is 5.82 Å². The molecular formula is C18H18Cl2FNO2. The molecule has 1 N–H and O–H groups in total. The van der Waals surface area contributed by atoms with E-state index in [9.17, 15) is 4.39 Å². The standard InChI is InChI=1S/C18H18Cl2FNO2/c1-3-6-22-10-12-7-16(20)18(17(8-12)23-2)24-11-13-4-5-14(21)9-15(13)19/h3-5,7-9,22H,1,6,10-11H2,2H3. The molecule has 0 aromatic heterocycles. The minimum atomic E-state index is -0.393. The second-order valence-corrected chi connectivity index (χ2v) is 5.87. The fraction of sp³-hybridized carbons (Fsp3) is 0.222. The zero-order chi connectivity index (χ0) is 17.5. The van der Waals surface area contributed by atoms with E-state index in [0.717, 1.165) is 5.56 Å². The fourth-order valence-corrected chi connectivity index (χ4v) is 2.63. The van der Waals surface area contributed by atoms with Gasteiger partial charge in [0.05, 0.1) is 17.2 Å². The van der Waals surface area contributed by atoms with Crippen LogP contribution in [0.3, 0.4) is 0 Å². The summed E-state index contributed by atoms with van der Waals surface area (Å²) < 4.78 is 24.2. The lowest BCUT2D eigenvalue weighted by atomic mass is 10.2. The monoisotopic (exact) mass is 369 g/mol. The highest BCUT2D eigenvalue weighted by Crippen LogP contribution is 2.37. The van der Waals surface area contributed by atoms with Gasteiger partial charge in [0.2, 0.25) is 0 Å². The molecule has 0 atom stereocenters. The lowest BCUT2D eigenvalue weighted by Gasteiger charge is -2.15. The summed E-state index contributed by atoms with van der Waals surface area (Å²) in [6.45, 7) is 5.14. The van der Waals surface area contributed by atoms with Gasteiger partial charge in [-0.25, -0.2) is 4.39 Å². The third-order valence-corrected chi connectivity index (χ3v) is 3.93. The number of benzene rings is 2. The van der Waals surface area contributed by atoms with Crippen LogP contribution in [0, 0.1) is 5.82 Å². The van der Waals surface area contributed by atoms with Crippen molar-refractivity contribution in [1.82, 2.24) is 5.32 Å². The highest BCUT2D eigenvalue weighted by atomic mass is 35.5. The first-order valence-electron chi connectivity index (χ1n) is 7.30. The summed E-state index contributed by atoms with van der Waals surface area (Å²) in [6, 6.07) is 7.81. The van der Waals surface area contributed by atoms with Gasteiger partial charge in [0.1, 0.15) is 12.4 Å². The molecule has 0 heterocycles. The summed E-state index contributed by atoms with van der Waals surface area (Å²) in [7, 11) is 1.55. The number of hydrogen-bond donors (Lipinski definition) is 1. The Labute approximate surface area is 151 Å². The van der Waals surface area contributed by atoms with Crippen LogP contribution >= 0.6 is 23.2 Å². The molecule has 0 unspecified atom stereocenters. The van der Waals surface area contributed by atoms with E-state index in [1.807, 2.05) is 12.1 Å². The molecule has 0 aliphatic heterocycles. The van der Waals surface area contributed by atoms with Gasteiger partial charge in [0.25, 0.3) is 0 Å². The Morgan fingerprint density at radius 2 is 2.00 bits per heavy atom. The molecule has 0 saturated heterocycles. The summed E-state index contributed by atoms with van der Waals surface area (Å²) in [4.78, 5) is 0. The maximum atomic E-state index is 13.1. The van der Waals surface area contributed by atoms with E-state index in [4.69, 9.17) is 32.7 Å². The molecular weight excluding hydrogens is 352 g/mol. The van der Waals surface area contributed by atoms with Gasteiger partial charge < -0.3 is 14.8 Å². The zero-order valence-corrected chi connectivity index (χ0v) is 14.8. The molecule has 0 aliphatic rings. The van der Waals surface area contributed by atoms with Crippen molar-refractivity contribution in [2.24, 2.45) is 0 Å². The van der Waals surface area contributed by atoms with E-state index in [-0.39, 0.29) is 6.61 Å². The van der Waals surface area contributed by atoms with Crippen LogP contribution in [0.1, 0.15) is 11.1 Å². The quantitative estimate of drug-likeness (QED) is 0.524. The van der Waals surface area contributed by atoms with Crippen LogP contribution in [0.25, 0.3) is 0 Å². The third-order valence-electron chi connectivity index (χ3n) is 3.29. The second-order valence-electron chi connectivity index (χ2n) is 5.05. The molecule has 2 aromatic rings. The van der Waals surface area contributed by atoms with Gasteiger partial charge in [0.15, 0.2) is 11.5 Å². The van der Waals surface area contributed by atoms with Crippen LogP contribution in [0.15, 0.2) is 43.0 Å². The minimum absolute atomic E-state index is 0.156. The number of rotatable bonds is 8. The number of methoxy groups -OCH3 is 1. The van der Waals surface area contributed by atoms with E-state index in [1.165, 1.54) is 12.1 Å². The Morgan fingerprint density at radius 3 is 2.67 bits per heavy atom. The number of nitrogens with one attached hydrogen (secondary N) is 1. The first kappa shape index (κ1) is 18.6. The van der Waals surface area contributed by atoms with Crippen molar-refractivity contribution >= 4 is 23.2 Å². The largest absolute Gasteiger partial charge is 0.493 e. The topological polar surface area (TPSA) is 30.5 Å². The summed E-state index contributed by atoms with van der Waals surface area (Å²) in [5.74, 6) is 0.555. The van der Waals surface area contributed by atoms with Crippen LogP contribution < -0.4 is 14.8 Å². The van der Waals surface area contributed by atoms with E-state index >= 15 is 0 Å². The molecule has 6 heteroatoms. The van der Waals surface area contributed by atoms with Crippen molar-refractivity contribution in [3.63, 3.8) is 0 Å². The first-order valence-corrected chi connectivity index (χ1v) is 8.05. The Balaban J connectivity index is 2.15. The Hall–Kier alpha value is -1.75. The molecule has 0 amide bonds. The lowest BCUT2D eigenvalue weighted by Crippen LogP contribution is -2.12. The van der Waals surface area contributed by atoms with Crippen LogP contribution in [0.4, 0.5) is 4.39 Å². The summed E-state index contributed by atoms with van der Waals surface area (Å²) in [5, 5.41) is 3.93. The maximum absolute atomic E-state index is 13.1. The molecule has 0 fully saturated rings. The number of halogens is 3. The lowest BCUT2D eigenvalue weighted by molar-refractivity contribution is 0.284. The average Bonchev–Trinajstić information content (AvgIpc) is 2.55. The summed E-state index contributed by atoms with van der Waals surface area (Å²) in [6.07, 6.45) is 1.78. The van der Waals surface area contributed by atoms with E-state index in [0.29, 0.717) is 40.2 Å². The predicted octanol–water partition coefficient (Wildman–Crippen LogP) is 5.00. The smallest absolute Gasteiger partial charge is 0.180 e. The molecule has 128 valence electrons. The van der Waals surface area contributed by atoms with Gasteiger partial charge in [-0.05, 0) is 29.8 Å². The highest BCUT2D eigenvalue weighted by Gasteiger charge is 2.13. The zero-order valence-electron chi connectivity index (χ0n) is 13.2. The van der Waals surface area contributed by atoms with Crippen LogP contribution in [0.2, 0.25) is 10.0 Å². The molecule has 0 saturated carbocycles. The number of hydrogen-bond acceptors (Lipinski definition) is 3. The average molecular weight is 370 g/mol. The normalized spacial score (nSPS) is 10.5. The van der Waals surface area contributed by atoms with Crippen LogP contribution in [-0.4, -0.2) is 13.7 Å². The molecule has 2 aromatic carbocycles. The van der Waals surface area contributed by atoms with Crippen molar-refractivity contribution in [2.45, 2.75) is 13.2 Å². The fourth-order valence-electron chi connectivity index (χ4n) is 2.12. The van der Waals surface area contributed by atoms with Crippen molar-refractivity contribution in [2.75, 3.05) is 13.7 Å². The molecule has 2 rings (SSSR count). The maximum Gasteiger partial charge on any atom is 0.180 e. The van der Waals surface area contributed by atoms with Gasteiger partial charge >= 0.3 is 0 Å². The molecule has 0 aliphatic carbocycles. The molecule has 3 nitrogen and oxygen atoms in total. The third kappa shape index (κ3) is 4.87. The second kappa shape index (κ2) is 8.92. The van der Waals surface area contributed by atoms with Gasteiger partial charge in [0, 0.05) is 18.7 Å². The van der Waals surface area contributed by atoms with E-state index in [1.54, 1.807) is 19.3 Å². The molecule has 0 bridgehead atoms. The molecule has 0 radical (unpaired) electrons. The predicted molar refractivity (Wildman–Crippen MR) is 95.6 cm³/mol. The Morgan fingerprint density at radius 1 is 1.21 bits per heavy atom. The molecule has 24 heavy (non-hydrogen) atoms. The van der Waals surface area contributed by atoms with Gasteiger partial charge in [-0.3, -0.25) is 0 Å².